The molecule has 0 saturated heterocycles. The van der Waals surface area contributed by atoms with Crippen molar-refractivity contribution in [3.8, 4) is 0 Å². The summed E-state index contributed by atoms with van der Waals surface area (Å²) in [4.78, 5) is 4.52. The van der Waals surface area contributed by atoms with Gasteiger partial charge in [0.2, 0.25) is 0 Å². The van der Waals surface area contributed by atoms with Crippen LogP contribution >= 0.6 is 11.3 Å². The standard InChI is InChI=1S/C13H24N2O2S/c1-4-6-14-7-13-15-12(10-18-13)9-17-11(3)8-16-5-2/h10-11,14H,4-9H2,1-3H3. The highest BCUT2D eigenvalue weighted by atomic mass is 32.1. The van der Waals surface area contributed by atoms with Gasteiger partial charge in [0.05, 0.1) is 25.0 Å². The molecule has 4 nitrogen and oxygen atoms in total. The topological polar surface area (TPSA) is 43.4 Å². The molecule has 1 atom stereocenters. The van der Waals surface area contributed by atoms with Gasteiger partial charge in [-0.15, -0.1) is 11.3 Å². The molecule has 1 N–H and O–H groups in total. The monoisotopic (exact) mass is 272 g/mol. The van der Waals surface area contributed by atoms with Crippen LogP contribution in [0.25, 0.3) is 0 Å². The first-order valence-electron chi connectivity index (χ1n) is 6.59. The SMILES string of the molecule is CCCNCc1nc(COC(C)COCC)cs1. The molecule has 1 rings (SSSR count). The van der Waals surface area contributed by atoms with Crippen LogP contribution in [0.4, 0.5) is 0 Å². The summed E-state index contributed by atoms with van der Waals surface area (Å²) in [5.41, 5.74) is 1.01. The predicted molar refractivity (Wildman–Crippen MR) is 74.9 cm³/mol. The average Bonchev–Trinajstić information content (AvgIpc) is 2.82. The second-order valence-electron chi connectivity index (χ2n) is 4.19. The predicted octanol–water partition coefficient (Wildman–Crippen LogP) is 2.58. The third-order valence-electron chi connectivity index (χ3n) is 2.37. The van der Waals surface area contributed by atoms with Gasteiger partial charge in [0.25, 0.3) is 0 Å². The summed E-state index contributed by atoms with van der Waals surface area (Å²) in [6.45, 7) is 10.0. The molecule has 0 fully saturated rings. The molecule has 0 spiro atoms. The van der Waals surface area contributed by atoms with Gasteiger partial charge in [-0.3, -0.25) is 0 Å². The van der Waals surface area contributed by atoms with Gasteiger partial charge in [-0.2, -0.15) is 0 Å². The van der Waals surface area contributed by atoms with Crippen molar-refractivity contribution in [3.05, 3.63) is 16.1 Å². The van der Waals surface area contributed by atoms with Crippen LogP contribution in [0.5, 0.6) is 0 Å². The van der Waals surface area contributed by atoms with Gasteiger partial charge in [0, 0.05) is 18.5 Å². The van der Waals surface area contributed by atoms with Crippen molar-refractivity contribution in [2.45, 2.75) is 46.4 Å². The van der Waals surface area contributed by atoms with E-state index in [1.165, 1.54) is 0 Å². The number of nitrogens with zero attached hydrogens (tertiary/aromatic N) is 1. The molecule has 104 valence electrons. The zero-order valence-corrected chi connectivity index (χ0v) is 12.4. The number of aromatic nitrogens is 1. The summed E-state index contributed by atoms with van der Waals surface area (Å²) < 4.78 is 11.0. The van der Waals surface area contributed by atoms with Crippen LogP contribution in [0.2, 0.25) is 0 Å². The molecule has 1 heterocycles. The maximum absolute atomic E-state index is 5.67. The molecule has 1 aromatic rings. The minimum absolute atomic E-state index is 0.119. The van der Waals surface area contributed by atoms with Crippen LogP contribution in [-0.4, -0.2) is 30.8 Å². The summed E-state index contributed by atoms with van der Waals surface area (Å²) in [5, 5.41) is 6.53. The fourth-order valence-electron chi connectivity index (χ4n) is 1.43. The Hall–Kier alpha value is -0.490. The lowest BCUT2D eigenvalue weighted by Crippen LogP contribution is -2.16. The Labute approximate surface area is 114 Å². The number of nitrogens with one attached hydrogen (secondary N) is 1. The molecule has 0 radical (unpaired) electrons. The van der Waals surface area contributed by atoms with Gasteiger partial charge < -0.3 is 14.8 Å². The number of thiazole rings is 1. The Morgan fingerprint density at radius 3 is 3.00 bits per heavy atom. The van der Waals surface area contributed by atoms with E-state index in [0.717, 1.165) is 36.8 Å². The number of rotatable bonds is 10. The lowest BCUT2D eigenvalue weighted by molar-refractivity contribution is -0.0126. The lowest BCUT2D eigenvalue weighted by atomic mass is 10.4. The van der Waals surface area contributed by atoms with Gasteiger partial charge in [-0.25, -0.2) is 4.98 Å². The summed E-state index contributed by atoms with van der Waals surface area (Å²) in [6.07, 6.45) is 1.27. The summed E-state index contributed by atoms with van der Waals surface area (Å²) in [5.74, 6) is 0. The normalized spacial score (nSPS) is 12.8. The van der Waals surface area contributed by atoms with E-state index in [9.17, 15) is 0 Å². The second-order valence-corrected chi connectivity index (χ2v) is 5.13. The van der Waals surface area contributed by atoms with E-state index in [1.54, 1.807) is 11.3 Å². The van der Waals surface area contributed by atoms with Crippen LogP contribution in [0.1, 0.15) is 37.9 Å². The van der Waals surface area contributed by atoms with E-state index in [0.29, 0.717) is 13.2 Å². The number of hydrogen-bond donors (Lipinski definition) is 1. The molecule has 0 bridgehead atoms. The van der Waals surface area contributed by atoms with E-state index in [4.69, 9.17) is 9.47 Å². The highest BCUT2D eigenvalue weighted by Gasteiger charge is 2.05. The van der Waals surface area contributed by atoms with Crippen molar-refractivity contribution in [1.29, 1.82) is 0 Å². The van der Waals surface area contributed by atoms with E-state index in [-0.39, 0.29) is 6.10 Å². The first kappa shape index (κ1) is 15.6. The van der Waals surface area contributed by atoms with E-state index >= 15 is 0 Å². The molecule has 1 aromatic heterocycles. The van der Waals surface area contributed by atoms with Gasteiger partial charge >= 0.3 is 0 Å². The highest BCUT2D eigenvalue weighted by Crippen LogP contribution is 2.11. The van der Waals surface area contributed by atoms with Crippen LogP contribution in [0, 0.1) is 0 Å². The molecule has 0 aromatic carbocycles. The van der Waals surface area contributed by atoms with Gasteiger partial charge in [-0.1, -0.05) is 6.92 Å². The largest absolute Gasteiger partial charge is 0.379 e. The number of ether oxygens (including phenoxy) is 2. The van der Waals surface area contributed by atoms with Crippen molar-refractivity contribution in [2.75, 3.05) is 19.8 Å². The Morgan fingerprint density at radius 1 is 1.44 bits per heavy atom. The molecule has 5 heteroatoms. The average molecular weight is 272 g/mol. The van der Waals surface area contributed by atoms with Gasteiger partial charge in [0.15, 0.2) is 0 Å². The van der Waals surface area contributed by atoms with Crippen LogP contribution in [-0.2, 0) is 22.6 Å². The van der Waals surface area contributed by atoms with Crippen molar-refractivity contribution < 1.29 is 9.47 Å². The minimum Gasteiger partial charge on any atom is -0.379 e. The maximum atomic E-state index is 5.67. The second kappa shape index (κ2) is 9.44. The first-order chi connectivity index (χ1) is 8.76. The Balaban J connectivity index is 2.22. The molecule has 18 heavy (non-hydrogen) atoms. The molecule has 1 unspecified atom stereocenters. The molecule has 0 amide bonds. The van der Waals surface area contributed by atoms with E-state index in [1.807, 2.05) is 13.8 Å². The van der Waals surface area contributed by atoms with Gasteiger partial charge in [-0.05, 0) is 26.8 Å². The van der Waals surface area contributed by atoms with Crippen LogP contribution in [0.15, 0.2) is 5.38 Å². The van der Waals surface area contributed by atoms with Gasteiger partial charge in [0.1, 0.15) is 5.01 Å². The maximum Gasteiger partial charge on any atom is 0.107 e. The Morgan fingerprint density at radius 2 is 2.28 bits per heavy atom. The Kier molecular flexibility index (Phi) is 8.17. The summed E-state index contributed by atoms with van der Waals surface area (Å²) >= 11 is 1.68. The summed E-state index contributed by atoms with van der Waals surface area (Å²) in [7, 11) is 0. The molecular formula is C13H24N2O2S. The smallest absolute Gasteiger partial charge is 0.107 e. The van der Waals surface area contributed by atoms with Crippen LogP contribution < -0.4 is 5.32 Å². The molecule has 0 aliphatic carbocycles. The minimum atomic E-state index is 0.119. The van der Waals surface area contributed by atoms with Crippen molar-refractivity contribution >= 4 is 11.3 Å². The van der Waals surface area contributed by atoms with Crippen molar-refractivity contribution in [2.24, 2.45) is 0 Å². The summed E-state index contributed by atoms with van der Waals surface area (Å²) in [6, 6.07) is 0. The third kappa shape index (κ3) is 6.44. The number of hydrogen-bond acceptors (Lipinski definition) is 5. The fourth-order valence-corrected chi connectivity index (χ4v) is 2.18. The highest BCUT2D eigenvalue weighted by molar-refractivity contribution is 7.09. The van der Waals surface area contributed by atoms with Crippen molar-refractivity contribution in [3.63, 3.8) is 0 Å². The molecule has 0 saturated carbocycles. The Bertz CT molecular complexity index is 318. The zero-order chi connectivity index (χ0) is 13.2. The van der Waals surface area contributed by atoms with Crippen molar-refractivity contribution in [1.82, 2.24) is 10.3 Å². The van der Waals surface area contributed by atoms with E-state index < -0.39 is 0 Å². The first-order valence-corrected chi connectivity index (χ1v) is 7.47. The zero-order valence-electron chi connectivity index (χ0n) is 11.6. The fraction of sp³-hybridized carbons (Fsp3) is 0.769. The third-order valence-corrected chi connectivity index (χ3v) is 3.27. The van der Waals surface area contributed by atoms with E-state index in [2.05, 4.69) is 22.6 Å². The molecule has 0 aliphatic heterocycles. The molecular weight excluding hydrogens is 248 g/mol. The quantitative estimate of drug-likeness (QED) is 0.665. The molecule has 0 aliphatic rings. The lowest BCUT2D eigenvalue weighted by Gasteiger charge is -2.11. The van der Waals surface area contributed by atoms with Crippen LogP contribution in [0.3, 0.4) is 0 Å².